The van der Waals surface area contributed by atoms with Gasteiger partial charge in [-0.3, -0.25) is 4.21 Å². The molecule has 0 saturated heterocycles. The summed E-state index contributed by atoms with van der Waals surface area (Å²) in [6.07, 6.45) is 6.40. The normalized spacial score (nSPS) is 19.1. The van der Waals surface area contributed by atoms with Crippen molar-refractivity contribution in [2.45, 2.75) is 37.0 Å². The van der Waals surface area contributed by atoms with E-state index in [9.17, 15) is 4.21 Å². The number of nitrogen functional groups attached to an aromatic ring is 1. The van der Waals surface area contributed by atoms with Gasteiger partial charge in [0.05, 0.1) is 15.7 Å². The molecule has 0 aliphatic heterocycles. The van der Waals surface area contributed by atoms with E-state index in [1.165, 1.54) is 32.1 Å². The average molecular weight is 316 g/mol. The van der Waals surface area contributed by atoms with Crippen LogP contribution in [-0.2, 0) is 10.8 Å². The highest BCUT2D eigenvalue weighted by Gasteiger charge is 2.18. The Hall–Kier alpha value is -0.350. The Morgan fingerprint density at radius 3 is 2.65 bits per heavy atom. The van der Waals surface area contributed by atoms with Crippen molar-refractivity contribution in [3.8, 4) is 0 Å². The van der Waals surface area contributed by atoms with Crippen LogP contribution in [0.3, 0.4) is 0 Å². The van der Waals surface area contributed by atoms with Crippen LogP contribution in [0, 0.1) is 5.92 Å². The second kappa shape index (κ2) is 6.01. The quantitative estimate of drug-likeness (QED) is 0.864. The maximum Gasteiger partial charge on any atom is 0.0543 e. The maximum absolute atomic E-state index is 12.3. The second-order valence-corrected chi connectivity index (χ2v) is 7.02. The summed E-state index contributed by atoms with van der Waals surface area (Å²) in [7, 11) is -0.903. The van der Waals surface area contributed by atoms with Crippen LogP contribution in [-0.4, -0.2) is 9.96 Å². The van der Waals surface area contributed by atoms with E-state index in [2.05, 4.69) is 15.9 Å². The molecule has 1 aliphatic rings. The summed E-state index contributed by atoms with van der Waals surface area (Å²) in [4.78, 5) is 0.879. The molecule has 0 heterocycles. The molecule has 1 atom stereocenters. The zero-order chi connectivity index (χ0) is 12.3. The highest BCUT2D eigenvalue weighted by atomic mass is 79.9. The SMILES string of the molecule is Nc1ccc(S(=O)CC2CCCCC2)c(Br)c1. The van der Waals surface area contributed by atoms with Gasteiger partial charge in [0.2, 0.25) is 0 Å². The zero-order valence-corrected chi connectivity index (χ0v) is 12.2. The van der Waals surface area contributed by atoms with Crippen LogP contribution in [0.25, 0.3) is 0 Å². The lowest BCUT2D eigenvalue weighted by molar-refractivity contribution is 0.388. The molecule has 4 heteroatoms. The Morgan fingerprint density at radius 2 is 2.00 bits per heavy atom. The molecule has 2 N–H and O–H groups in total. The van der Waals surface area contributed by atoms with Crippen LogP contribution in [0.2, 0.25) is 0 Å². The third-order valence-corrected chi connectivity index (χ3v) is 5.85. The van der Waals surface area contributed by atoms with Crippen LogP contribution in [0.15, 0.2) is 27.6 Å². The molecule has 1 unspecified atom stereocenters. The molecule has 2 nitrogen and oxygen atoms in total. The molecule has 1 fully saturated rings. The van der Waals surface area contributed by atoms with Crippen molar-refractivity contribution in [3.63, 3.8) is 0 Å². The lowest BCUT2D eigenvalue weighted by atomic mass is 9.91. The molecule has 17 heavy (non-hydrogen) atoms. The Bertz CT molecular complexity index is 416. The number of anilines is 1. The first-order chi connectivity index (χ1) is 8.16. The fraction of sp³-hybridized carbons (Fsp3) is 0.538. The predicted octanol–water partition coefficient (Wildman–Crippen LogP) is 3.72. The maximum atomic E-state index is 12.3. The van der Waals surface area contributed by atoms with Crippen molar-refractivity contribution in [2.75, 3.05) is 11.5 Å². The van der Waals surface area contributed by atoms with E-state index in [1.807, 2.05) is 18.2 Å². The predicted molar refractivity (Wildman–Crippen MR) is 76.4 cm³/mol. The van der Waals surface area contributed by atoms with Crippen LogP contribution < -0.4 is 5.73 Å². The van der Waals surface area contributed by atoms with Gasteiger partial charge in [0, 0.05) is 15.9 Å². The molecule has 0 aromatic heterocycles. The van der Waals surface area contributed by atoms with E-state index in [0.29, 0.717) is 11.6 Å². The second-order valence-electron chi connectivity index (χ2n) is 4.71. The topological polar surface area (TPSA) is 43.1 Å². The van der Waals surface area contributed by atoms with Gasteiger partial charge in [0.1, 0.15) is 0 Å². The smallest absolute Gasteiger partial charge is 0.0543 e. The summed E-state index contributed by atoms with van der Waals surface area (Å²) < 4.78 is 13.2. The Labute approximate surface area is 114 Å². The van der Waals surface area contributed by atoms with Crippen molar-refractivity contribution in [3.05, 3.63) is 22.7 Å². The number of benzene rings is 1. The van der Waals surface area contributed by atoms with E-state index in [-0.39, 0.29) is 0 Å². The van der Waals surface area contributed by atoms with Gasteiger partial charge in [-0.15, -0.1) is 0 Å². The fourth-order valence-corrected chi connectivity index (χ4v) is 4.73. The van der Waals surface area contributed by atoms with Crippen molar-refractivity contribution in [1.82, 2.24) is 0 Å². The first-order valence-electron chi connectivity index (χ1n) is 6.10. The Morgan fingerprint density at radius 1 is 1.29 bits per heavy atom. The molecule has 1 saturated carbocycles. The molecule has 1 aromatic rings. The monoisotopic (exact) mass is 315 g/mol. The lowest BCUT2D eigenvalue weighted by Crippen LogP contribution is -2.15. The fourth-order valence-electron chi connectivity index (χ4n) is 2.36. The Kier molecular flexibility index (Phi) is 4.62. The van der Waals surface area contributed by atoms with Crippen LogP contribution in [0.1, 0.15) is 32.1 Å². The standard InChI is InChI=1S/C13H18BrNOS/c14-12-8-11(15)6-7-13(12)17(16)9-10-4-2-1-3-5-10/h6-8,10H,1-5,9,15H2. The zero-order valence-electron chi connectivity index (χ0n) is 9.82. The summed E-state index contributed by atoms with van der Waals surface area (Å²) in [5.41, 5.74) is 6.39. The molecule has 2 rings (SSSR count). The molecule has 1 aliphatic carbocycles. The van der Waals surface area contributed by atoms with E-state index < -0.39 is 10.8 Å². The van der Waals surface area contributed by atoms with Crippen molar-refractivity contribution in [1.29, 1.82) is 0 Å². The Balaban J connectivity index is 2.03. The van der Waals surface area contributed by atoms with Crippen molar-refractivity contribution in [2.24, 2.45) is 5.92 Å². The van der Waals surface area contributed by atoms with Crippen LogP contribution in [0.4, 0.5) is 5.69 Å². The van der Waals surface area contributed by atoms with Crippen LogP contribution in [0.5, 0.6) is 0 Å². The minimum Gasteiger partial charge on any atom is -0.399 e. The molecule has 1 aromatic carbocycles. The number of rotatable bonds is 3. The van der Waals surface area contributed by atoms with Crippen molar-refractivity contribution >= 4 is 32.4 Å². The van der Waals surface area contributed by atoms with E-state index in [0.717, 1.165) is 15.1 Å². The number of nitrogens with two attached hydrogens (primary N) is 1. The third-order valence-electron chi connectivity index (χ3n) is 3.31. The molecule has 0 amide bonds. The largest absolute Gasteiger partial charge is 0.399 e. The molecule has 0 spiro atoms. The van der Waals surface area contributed by atoms with Gasteiger partial charge in [-0.05, 0) is 52.9 Å². The third kappa shape index (κ3) is 3.55. The van der Waals surface area contributed by atoms with Gasteiger partial charge >= 0.3 is 0 Å². The molecule has 94 valence electrons. The lowest BCUT2D eigenvalue weighted by Gasteiger charge is -2.21. The highest BCUT2D eigenvalue weighted by molar-refractivity contribution is 9.10. The first kappa shape index (κ1) is 13.1. The molecular weight excluding hydrogens is 298 g/mol. The summed E-state index contributed by atoms with van der Waals surface area (Å²) in [6, 6.07) is 5.52. The van der Waals surface area contributed by atoms with E-state index in [4.69, 9.17) is 5.73 Å². The van der Waals surface area contributed by atoms with Gasteiger partial charge in [-0.2, -0.15) is 0 Å². The van der Waals surface area contributed by atoms with Crippen LogP contribution >= 0.6 is 15.9 Å². The van der Waals surface area contributed by atoms with Gasteiger partial charge in [0.25, 0.3) is 0 Å². The number of halogens is 1. The van der Waals surface area contributed by atoms with Crippen molar-refractivity contribution < 1.29 is 4.21 Å². The molecule has 0 bridgehead atoms. The van der Waals surface area contributed by atoms with E-state index in [1.54, 1.807) is 0 Å². The summed E-state index contributed by atoms with van der Waals surface area (Å²) in [5, 5.41) is 0. The number of hydrogen-bond donors (Lipinski definition) is 1. The highest BCUT2D eigenvalue weighted by Crippen LogP contribution is 2.28. The molecule has 0 radical (unpaired) electrons. The van der Waals surface area contributed by atoms with Gasteiger partial charge in [-0.1, -0.05) is 19.3 Å². The summed E-state index contributed by atoms with van der Waals surface area (Å²) in [5.74, 6) is 1.43. The minimum absolute atomic E-state index is 0.633. The van der Waals surface area contributed by atoms with Gasteiger partial charge in [-0.25, -0.2) is 0 Å². The van der Waals surface area contributed by atoms with Gasteiger partial charge in [0.15, 0.2) is 0 Å². The number of hydrogen-bond acceptors (Lipinski definition) is 2. The average Bonchev–Trinajstić information content (AvgIpc) is 2.30. The van der Waals surface area contributed by atoms with E-state index >= 15 is 0 Å². The minimum atomic E-state index is -0.903. The van der Waals surface area contributed by atoms with Gasteiger partial charge < -0.3 is 5.73 Å². The summed E-state index contributed by atoms with van der Waals surface area (Å²) >= 11 is 3.44. The molecular formula is C13H18BrNOS. The summed E-state index contributed by atoms with van der Waals surface area (Å²) in [6.45, 7) is 0. The first-order valence-corrected chi connectivity index (χ1v) is 8.21.